The van der Waals surface area contributed by atoms with Crippen molar-refractivity contribution >= 4 is 35.7 Å². The van der Waals surface area contributed by atoms with Crippen molar-refractivity contribution in [2.75, 3.05) is 20.8 Å². The summed E-state index contributed by atoms with van der Waals surface area (Å²) < 4.78 is 15.1. The highest BCUT2D eigenvalue weighted by Crippen LogP contribution is 2.35. The summed E-state index contributed by atoms with van der Waals surface area (Å²) in [7, 11) is 2.74. The molecule has 1 aliphatic heterocycles. The van der Waals surface area contributed by atoms with Crippen molar-refractivity contribution in [3.63, 3.8) is 0 Å². The zero-order valence-electron chi connectivity index (χ0n) is 14.9. The fourth-order valence-electron chi connectivity index (χ4n) is 2.29. The van der Waals surface area contributed by atoms with Gasteiger partial charge in [0.25, 0.3) is 5.91 Å². The van der Waals surface area contributed by atoms with E-state index < -0.39 is 11.9 Å². The highest BCUT2D eigenvalue weighted by Gasteiger charge is 2.23. The molecular weight excluding hydrogens is 358 g/mol. The number of carbonyl (C=O) groups excluding carboxylic acids is 3. The van der Waals surface area contributed by atoms with Gasteiger partial charge in [-0.2, -0.15) is 0 Å². The van der Waals surface area contributed by atoms with Crippen molar-refractivity contribution in [2.24, 2.45) is 0 Å². The second-order valence-corrected chi connectivity index (χ2v) is 6.33. The van der Waals surface area contributed by atoms with E-state index >= 15 is 0 Å². The van der Waals surface area contributed by atoms with Crippen molar-refractivity contribution < 1.29 is 28.6 Å². The molecule has 1 amide bonds. The summed E-state index contributed by atoms with van der Waals surface area (Å²) >= 11 is 1.25. The molecular formula is C18H19NO6S. The quantitative estimate of drug-likeness (QED) is 0.443. The maximum Gasteiger partial charge on any atom is 0.325 e. The molecule has 26 heavy (non-hydrogen) atoms. The first-order valence-corrected chi connectivity index (χ1v) is 8.53. The first kappa shape index (κ1) is 19.6. The number of amides is 1. The van der Waals surface area contributed by atoms with Gasteiger partial charge in [0.2, 0.25) is 0 Å². The van der Waals surface area contributed by atoms with E-state index in [1.165, 1.54) is 44.0 Å². The van der Waals surface area contributed by atoms with Crippen LogP contribution < -0.4 is 9.47 Å². The van der Waals surface area contributed by atoms with Crippen LogP contribution in [-0.2, 0) is 19.1 Å². The smallest absolute Gasteiger partial charge is 0.325 e. The number of esters is 2. The number of benzene rings is 1. The van der Waals surface area contributed by atoms with Gasteiger partial charge in [0.15, 0.2) is 11.5 Å². The van der Waals surface area contributed by atoms with E-state index in [0.29, 0.717) is 27.5 Å². The van der Waals surface area contributed by atoms with Crippen LogP contribution in [0.1, 0.15) is 18.1 Å². The number of nitrogens with zero attached hydrogens (tertiary/aromatic N) is 1. The van der Waals surface area contributed by atoms with Crippen molar-refractivity contribution in [3.8, 4) is 11.5 Å². The summed E-state index contributed by atoms with van der Waals surface area (Å²) in [5.41, 5.74) is 1.40. The fraction of sp³-hybridized carbons (Fsp3) is 0.278. The topological polar surface area (TPSA) is 82.1 Å². The Hall–Kier alpha value is -2.74. The third kappa shape index (κ3) is 4.66. The van der Waals surface area contributed by atoms with Crippen LogP contribution in [0.15, 0.2) is 28.6 Å². The standard InChI is InChI=1S/C18H19NO6S/c1-11-7-13(8-14(23-3)17(11)25-12(2)20)9-15-18(22)19(5-6-26-15)10-16(21)24-4/h5-9H,10H2,1-4H3/b15-9-. The van der Waals surface area contributed by atoms with Gasteiger partial charge in [0.05, 0.1) is 19.1 Å². The second kappa shape index (κ2) is 8.57. The van der Waals surface area contributed by atoms with Crippen molar-refractivity contribution in [1.29, 1.82) is 0 Å². The number of hydrogen-bond donors (Lipinski definition) is 0. The molecule has 0 radical (unpaired) electrons. The van der Waals surface area contributed by atoms with Crippen LogP contribution in [0.4, 0.5) is 0 Å². The summed E-state index contributed by atoms with van der Waals surface area (Å²) in [6.07, 6.45) is 3.23. The zero-order valence-corrected chi connectivity index (χ0v) is 15.7. The molecule has 0 N–H and O–H groups in total. The van der Waals surface area contributed by atoms with E-state index in [9.17, 15) is 14.4 Å². The summed E-state index contributed by atoms with van der Waals surface area (Å²) in [5, 5.41) is 1.72. The summed E-state index contributed by atoms with van der Waals surface area (Å²) in [4.78, 5) is 36.9. The molecule has 1 heterocycles. The van der Waals surface area contributed by atoms with Gasteiger partial charge in [0, 0.05) is 13.1 Å². The third-order valence-corrected chi connectivity index (χ3v) is 4.27. The molecule has 1 aromatic rings. The first-order valence-electron chi connectivity index (χ1n) is 7.65. The molecule has 0 fully saturated rings. The minimum absolute atomic E-state index is 0.155. The van der Waals surface area contributed by atoms with Gasteiger partial charge in [-0.05, 0) is 41.7 Å². The molecule has 0 aromatic heterocycles. The van der Waals surface area contributed by atoms with Gasteiger partial charge in [-0.1, -0.05) is 11.8 Å². The van der Waals surface area contributed by atoms with Crippen LogP contribution in [-0.4, -0.2) is 43.5 Å². The van der Waals surface area contributed by atoms with E-state index in [-0.39, 0.29) is 12.5 Å². The Labute approximate surface area is 155 Å². The number of thioether (sulfide) groups is 1. The molecule has 1 aromatic carbocycles. The van der Waals surface area contributed by atoms with Crippen molar-refractivity contribution in [3.05, 3.63) is 39.8 Å². The SMILES string of the molecule is COC(=O)CN1C=CS/C(=C\c2cc(C)c(OC(C)=O)c(OC)c2)C1=O. The predicted octanol–water partition coefficient (Wildman–Crippen LogP) is 2.49. The molecule has 7 nitrogen and oxygen atoms in total. The molecule has 0 saturated carbocycles. The number of rotatable bonds is 5. The summed E-state index contributed by atoms with van der Waals surface area (Å²) in [6, 6.07) is 3.46. The van der Waals surface area contributed by atoms with Crippen LogP contribution in [0.2, 0.25) is 0 Å². The van der Waals surface area contributed by atoms with Gasteiger partial charge >= 0.3 is 11.9 Å². The molecule has 0 spiro atoms. The van der Waals surface area contributed by atoms with Crippen molar-refractivity contribution in [2.45, 2.75) is 13.8 Å². The molecule has 8 heteroatoms. The lowest BCUT2D eigenvalue weighted by Gasteiger charge is -2.21. The van der Waals surface area contributed by atoms with Crippen LogP contribution >= 0.6 is 11.8 Å². The molecule has 1 aliphatic rings. The maximum absolute atomic E-state index is 12.5. The molecule has 0 unspecified atom stereocenters. The average molecular weight is 377 g/mol. The van der Waals surface area contributed by atoms with Crippen LogP contribution in [0.25, 0.3) is 6.08 Å². The molecule has 0 aliphatic carbocycles. The Bertz CT molecular complexity index is 799. The molecule has 138 valence electrons. The predicted molar refractivity (Wildman–Crippen MR) is 97.5 cm³/mol. The van der Waals surface area contributed by atoms with Gasteiger partial charge < -0.3 is 19.1 Å². The monoisotopic (exact) mass is 377 g/mol. The lowest BCUT2D eigenvalue weighted by atomic mass is 10.1. The Morgan fingerprint density at radius 2 is 2.00 bits per heavy atom. The summed E-state index contributed by atoms with van der Waals surface area (Å²) in [6.45, 7) is 2.94. The molecule has 2 rings (SSSR count). The lowest BCUT2D eigenvalue weighted by molar-refractivity contribution is -0.144. The lowest BCUT2D eigenvalue weighted by Crippen LogP contribution is -2.33. The van der Waals surface area contributed by atoms with E-state index in [1.54, 1.807) is 30.5 Å². The Balaban J connectivity index is 2.32. The van der Waals surface area contributed by atoms with Crippen LogP contribution in [0.5, 0.6) is 11.5 Å². The Morgan fingerprint density at radius 1 is 1.27 bits per heavy atom. The largest absolute Gasteiger partial charge is 0.493 e. The summed E-state index contributed by atoms with van der Waals surface area (Å²) in [5.74, 6) is -0.514. The number of aryl methyl sites for hydroxylation is 1. The van der Waals surface area contributed by atoms with E-state index in [2.05, 4.69) is 4.74 Å². The first-order chi connectivity index (χ1) is 12.3. The zero-order chi connectivity index (χ0) is 19.3. The normalized spacial score (nSPS) is 15.2. The highest BCUT2D eigenvalue weighted by molar-refractivity contribution is 8.06. The van der Waals surface area contributed by atoms with E-state index in [1.807, 2.05) is 0 Å². The maximum atomic E-state index is 12.5. The van der Waals surface area contributed by atoms with Gasteiger partial charge in [-0.3, -0.25) is 14.4 Å². The molecule has 0 atom stereocenters. The second-order valence-electron chi connectivity index (χ2n) is 5.38. The fourth-order valence-corrected chi connectivity index (χ4v) is 3.07. The Morgan fingerprint density at radius 3 is 2.62 bits per heavy atom. The van der Waals surface area contributed by atoms with Gasteiger partial charge in [-0.25, -0.2) is 0 Å². The van der Waals surface area contributed by atoms with E-state index in [4.69, 9.17) is 9.47 Å². The number of hydrogen-bond acceptors (Lipinski definition) is 7. The average Bonchev–Trinajstić information content (AvgIpc) is 2.60. The van der Waals surface area contributed by atoms with Crippen LogP contribution in [0.3, 0.4) is 0 Å². The third-order valence-electron chi connectivity index (χ3n) is 3.46. The Kier molecular flexibility index (Phi) is 6.46. The minimum Gasteiger partial charge on any atom is -0.493 e. The van der Waals surface area contributed by atoms with Gasteiger partial charge in [-0.15, -0.1) is 0 Å². The molecule has 0 bridgehead atoms. The minimum atomic E-state index is -0.502. The van der Waals surface area contributed by atoms with Crippen LogP contribution in [0, 0.1) is 6.92 Å². The number of methoxy groups -OCH3 is 2. The van der Waals surface area contributed by atoms with Crippen molar-refractivity contribution in [1.82, 2.24) is 4.90 Å². The molecule has 0 saturated heterocycles. The van der Waals surface area contributed by atoms with Gasteiger partial charge in [0.1, 0.15) is 6.54 Å². The number of ether oxygens (including phenoxy) is 3. The highest BCUT2D eigenvalue weighted by atomic mass is 32.2. The number of carbonyl (C=O) groups is 3. The van der Waals surface area contributed by atoms with E-state index in [0.717, 1.165) is 0 Å².